The minimum atomic E-state index is -1.04. The van der Waals surface area contributed by atoms with Gasteiger partial charge in [-0.25, -0.2) is 0 Å². The molecule has 0 aliphatic heterocycles. The predicted molar refractivity (Wildman–Crippen MR) is 142 cm³/mol. The van der Waals surface area contributed by atoms with Crippen molar-refractivity contribution >= 4 is 11.9 Å². The Kier molecular flexibility index (Phi) is 5.74. The molecule has 5 aliphatic rings. The molecule has 0 heterocycles. The van der Waals surface area contributed by atoms with E-state index in [4.69, 9.17) is 4.74 Å². The average Bonchev–Trinajstić information content (AvgIpc) is 2.77. The number of fused-ring (bicyclic) bond motifs is 7. The van der Waals surface area contributed by atoms with Gasteiger partial charge in [-0.15, -0.1) is 0 Å². The van der Waals surface area contributed by atoms with Crippen LogP contribution >= 0.6 is 0 Å². The zero-order chi connectivity index (χ0) is 26.5. The number of carbonyl (C=O) groups excluding carboxylic acids is 1. The lowest BCUT2D eigenvalue weighted by Crippen LogP contribution is -2.66. The first-order chi connectivity index (χ1) is 16.5. The van der Waals surface area contributed by atoms with Gasteiger partial charge in [0.05, 0.1) is 0 Å². The monoisotopic (exact) mass is 498 g/mol. The van der Waals surface area contributed by atoms with E-state index in [1.165, 1.54) is 39.0 Å². The van der Waals surface area contributed by atoms with Crippen LogP contribution in [0.3, 0.4) is 0 Å². The van der Waals surface area contributed by atoms with Crippen LogP contribution in [0.2, 0.25) is 0 Å². The molecule has 4 nitrogen and oxygen atoms in total. The quantitative estimate of drug-likeness (QED) is 0.311. The smallest absolute Gasteiger partial charge is 0.313 e. The molecule has 0 spiro atoms. The molecule has 2 unspecified atom stereocenters. The van der Waals surface area contributed by atoms with E-state index in [0.29, 0.717) is 29.1 Å². The van der Waals surface area contributed by atoms with E-state index in [9.17, 15) is 14.7 Å². The number of hydrogen-bond donors (Lipinski definition) is 1. The van der Waals surface area contributed by atoms with Crippen LogP contribution in [-0.2, 0) is 14.3 Å². The Morgan fingerprint density at radius 2 is 1.56 bits per heavy atom. The van der Waals surface area contributed by atoms with Crippen LogP contribution in [-0.4, -0.2) is 23.1 Å². The summed E-state index contributed by atoms with van der Waals surface area (Å²) in [4.78, 5) is 24.8. The van der Waals surface area contributed by atoms with E-state index >= 15 is 0 Å². The van der Waals surface area contributed by atoms with Gasteiger partial charge >= 0.3 is 11.9 Å². The summed E-state index contributed by atoms with van der Waals surface area (Å²) < 4.78 is 5.69. The second-order valence-electron chi connectivity index (χ2n) is 15.6. The topological polar surface area (TPSA) is 63.6 Å². The van der Waals surface area contributed by atoms with Crippen LogP contribution < -0.4 is 0 Å². The SMILES string of the molecule is CC(=O)O[C@@H]1CC[C@]2(C)C3CC=C4C5CC(C)(C)CC[C@]5(C)CC[C@@]4(C)[C@]3(C)CC[C@H]2[C@]1(C)C(=O)O. The number of rotatable bonds is 2. The lowest BCUT2D eigenvalue weighted by Gasteiger charge is -2.71. The van der Waals surface area contributed by atoms with Gasteiger partial charge < -0.3 is 9.84 Å². The zero-order valence-electron chi connectivity index (χ0n) is 24.1. The van der Waals surface area contributed by atoms with Crippen molar-refractivity contribution in [3.63, 3.8) is 0 Å². The maximum Gasteiger partial charge on any atom is 0.313 e. The van der Waals surface area contributed by atoms with Crippen LogP contribution in [0.15, 0.2) is 11.6 Å². The van der Waals surface area contributed by atoms with Gasteiger partial charge in [0.1, 0.15) is 11.5 Å². The molecule has 5 aliphatic carbocycles. The van der Waals surface area contributed by atoms with Gasteiger partial charge in [-0.3, -0.25) is 9.59 Å². The maximum atomic E-state index is 12.8. The fourth-order valence-corrected chi connectivity index (χ4v) is 10.9. The highest BCUT2D eigenvalue weighted by Crippen LogP contribution is 2.75. The van der Waals surface area contributed by atoms with Crippen LogP contribution in [0.25, 0.3) is 0 Å². The number of allylic oxidation sites excluding steroid dienone is 2. The highest BCUT2D eigenvalue weighted by molar-refractivity contribution is 5.77. The van der Waals surface area contributed by atoms with E-state index in [1.807, 2.05) is 6.92 Å². The van der Waals surface area contributed by atoms with E-state index < -0.39 is 17.5 Å². The second-order valence-corrected chi connectivity index (χ2v) is 15.6. The Morgan fingerprint density at radius 3 is 2.19 bits per heavy atom. The highest BCUT2D eigenvalue weighted by Gasteiger charge is 2.70. The first-order valence-electron chi connectivity index (χ1n) is 14.6. The molecule has 0 aromatic carbocycles. The molecule has 36 heavy (non-hydrogen) atoms. The summed E-state index contributed by atoms with van der Waals surface area (Å²) in [6.07, 6.45) is 13.3. The Balaban J connectivity index is 1.56. The molecule has 5 rings (SSSR count). The van der Waals surface area contributed by atoms with E-state index in [1.54, 1.807) is 5.57 Å². The maximum absolute atomic E-state index is 12.8. The Morgan fingerprint density at radius 1 is 0.889 bits per heavy atom. The van der Waals surface area contributed by atoms with Crippen molar-refractivity contribution in [3.8, 4) is 0 Å². The fraction of sp³-hybridized carbons (Fsp3) is 0.875. The van der Waals surface area contributed by atoms with Gasteiger partial charge in [-0.2, -0.15) is 0 Å². The first-order valence-corrected chi connectivity index (χ1v) is 14.6. The van der Waals surface area contributed by atoms with Gasteiger partial charge in [0.25, 0.3) is 0 Å². The third-order valence-electron chi connectivity index (χ3n) is 13.4. The van der Waals surface area contributed by atoms with E-state index in [0.717, 1.165) is 25.7 Å². The summed E-state index contributed by atoms with van der Waals surface area (Å²) in [5, 5.41) is 10.5. The normalized spacial score (nSPS) is 51.5. The Bertz CT molecular complexity index is 996. The minimum Gasteiger partial charge on any atom is -0.481 e. The molecule has 4 fully saturated rings. The molecule has 0 saturated heterocycles. The molecular formula is C32H50O4. The molecule has 0 aromatic heterocycles. The van der Waals surface area contributed by atoms with Crippen molar-refractivity contribution in [1.82, 2.24) is 0 Å². The van der Waals surface area contributed by atoms with E-state index in [2.05, 4.69) is 47.6 Å². The van der Waals surface area contributed by atoms with Crippen LogP contribution in [0.4, 0.5) is 0 Å². The number of ether oxygens (including phenoxy) is 1. The molecule has 4 heteroatoms. The van der Waals surface area contributed by atoms with Gasteiger partial charge in [-0.1, -0.05) is 53.2 Å². The Hall–Kier alpha value is -1.32. The lowest BCUT2D eigenvalue weighted by atomic mass is 9.33. The zero-order valence-corrected chi connectivity index (χ0v) is 24.1. The van der Waals surface area contributed by atoms with Crippen LogP contribution in [0.1, 0.15) is 120 Å². The number of esters is 1. The summed E-state index contributed by atoms with van der Waals surface area (Å²) >= 11 is 0. The summed E-state index contributed by atoms with van der Waals surface area (Å²) in [5.74, 6) is -0.0260. The molecule has 0 aromatic rings. The summed E-state index contributed by atoms with van der Waals surface area (Å²) in [6, 6.07) is 0. The summed E-state index contributed by atoms with van der Waals surface area (Å²) in [7, 11) is 0. The van der Waals surface area contributed by atoms with Gasteiger partial charge in [0.15, 0.2) is 0 Å². The minimum absolute atomic E-state index is 0.0136. The second kappa shape index (κ2) is 7.85. The molecule has 0 radical (unpaired) electrons. The van der Waals surface area contributed by atoms with Gasteiger partial charge in [-0.05, 0) is 116 Å². The molecule has 0 amide bonds. The number of carboxylic acid groups (broad SMARTS) is 1. The lowest BCUT2D eigenvalue weighted by molar-refractivity contribution is -0.222. The van der Waals surface area contributed by atoms with Gasteiger partial charge in [0.2, 0.25) is 0 Å². The standard InChI is InChI=1S/C32H50O4/c1-20(33)36-25-12-13-29(5)23-10-9-21-22-19-27(2,3)15-16-28(22,4)17-18-30(21,6)31(23,7)14-11-24(29)32(25,8)26(34)35/h9,22-25H,10-19H2,1-8H3,(H,34,35)/t22?,23?,24-,25-,28-,29-,30-,31-,32+/m1/s1. The average molecular weight is 499 g/mol. The van der Waals surface area contributed by atoms with Gasteiger partial charge in [0, 0.05) is 6.92 Å². The number of hydrogen-bond acceptors (Lipinski definition) is 3. The molecular weight excluding hydrogens is 448 g/mol. The van der Waals surface area contributed by atoms with Crippen molar-refractivity contribution in [1.29, 1.82) is 0 Å². The van der Waals surface area contributed by atoms with Crippen molar-refractivity contribution in [2.45, 2.75) is 126 Å². The predicted octanol–water partition coefficient (Wildman–Crippen LogP) is 7.80. The van der Waals surface area contributed by atoms with Crippen molar-refractivity contribution in [2.75, 3.05) is 0 Å². The number of carboxylic acids is 1. The number of carbonyl (C=O) groups is 2. The van der Waals surface area contributed by atoms with Crippen molar-refractivity contribution in [2.24, 2.45) is 50.2 Å². The molecule has 202 valence electrons. The summed E-state index contributed by atoms with van der Waals surface area (Å²) in [5.41, 5.74) is 1.81. The van der Waals surface area contributed by atoms with Crippen LogP contribution in [0.5, 0.6) is 0 Å². The first kappa shape index (κ1) is 26.3. The molecule has 0 bridgehead atoms. The van der Waals surface area contributed by atoms with Crippen molar-refractivity contribution in [3.05, 3.63) is 11.6 Å². The third-order valence-corrected chi connectivity index (χ3v) is 13.4. The number of aliphatic carboxylic acids is 1. The van der Waals surface area contributed by atoms with E-state index in [-0.39, 0.29) is 28.1 Å². The molecule has 4 saturated carbocycles. The fourth-order valence-electron chi connectivity index (χ4n) is 10.9. The van der Waals surface area contributed by atoms with Crippen LogP contribution in [0, 0.1) is 50.2 Å². The Labute approximate surface area is 219 Å². The third kappa shape index (κ3) is 3.30. The molecule has 9 atom stereocenters. The largest absolute Gasteiger partial charge is 0.481 e. The van der Waals surface area contributed by atoms with Crippen molar-refractivity contribution < 1.29 is 19.4 Å². The molecule has 1 N–H and O–H groups in total. The highest BCUT2D eigenvalue weighted by atomic mass is 16.5. The summed E-state index contributed by atoms with van der Waals surface area (Å²) in [6.45, 7) is 18.3.